The van der Waals surface area contributed by atoms with Crippen molar-refractivity contribution in [3.8, 4) is 0 Å². The number of hydrogen-bond acceptors (Lipinski definition) is 3. The number of likely N-dealkylation sites (tertiary alicyclic amines) is 1. The van der Waals surface area contributed by atoms with Crippen LogP contribution in [0.3, 0.4) is 0 Å². The van der Waals surface area contributed by atoms with E-state index < -0.39 is 0 Å². The highest BCUT2D eigenvalue weighted by Crippen LogP contribution is 2.35. The van der Waals surface area contributed by atoms with Gasteiger partial charge in [-0.25, -0.2) is 4.39 Å². The third-order valence-corrected chi connectivity index (χ3v) is 5.89. The second kappa shape index (κ2) is 9.79. The van der Waals surface area contributed by atoms with Crippen LogP contribution in [0, 0.1) is 11.7 Å². The van der Waals surface area contributed by atoms with Crippen LogP contribution in [0.2, 0.25) is 0 Å². The second-order valence-electron chi connectivity index (χ2n) is 7.34. The van der Waals surface area contributed by atoms with E-state index in [1.807, 2.05) is 0 Å². The average molecular weight is 386 g/mol. The van der Waals surface area contributed by atoms with E-state index in [0.29, 0.717) is 24.7 Å². The molecule has 26 heavy (non-hydrogen) atoms. The van der Waals surface area contributed by atoms with Gasteiger partial charge in [0, 0.05) is 37.2 Å². The Balaban J connectivity index is 0.00000243. The average Bonchev–Trinajstić information content (AvgIpc) is 2.64. The molecule has 2 saturated heterocycles. The van der Waals surface area contributed by atoms with Gasteiger partial charge in [0.2, 0.25) is 0 Å². The first-order valence-electron chi connectivity index (χ1n) is 9.47. The fraction of sp³-hybridized carbons (Fsp3) is 0.650. The molecule has 1 atom stereocenters. The maximum Gasteiger partial charge on any atom is 0.163 e. The van der Waals surface area contributed by atoms with Gasteiger partial charge in [-0.3, -0.25) is 4.79 Å². The van der Waals surface area contributed by atoms with Crippen molar-refractivity contribution in [2.45, 2.75) is 44.6 Å². The number of quaternary nitrogens is 1. The van der Waals surface area contributed by atoms with Gasteiger partial charge in [-0.15, -0.1) is 0 Å². The Morgan fingerprint density at radius 1 is 1.27 bits per heavy atom. The summed E-state index contributed by atoms with van der Waals surface area (Å²) in [5, 5.41) is 0. The van der Waals surface area contributed by atoms with Crippen LogP contribution in [0.15, 0.2) is 24.3 Å². The molecule has 4 nitrogen and oxygen atoms in total. The Labute approximate surface area is 161 Å². The molecule has 2 aliphatic heterocycles. The Morgan fingerprint density at radius 2 is 1.96 bits per heavy atom. The van der Waals surface area contributed by atoms with Crippen LogP contribution in [0.4, 0.5) is 4.39 Å². The van der Waals surface area contributed by atoms with Crippen molar-refractivity contribution in [1.82, 2.24) is 0 Å². The number of carbonyl (C=O) groups is 1. The van der Waals surface area contributed by atoms with E-state index in [2.05, 4.69) is 6.92 Å². The molecule has 1 aromatic rings. The first-order valence-corrected chi connectivity index (χ1v) is 9.47. The SMILES string of the molecule is CCC1COCOC12CC[NH+](CCCC(=O)c1ccc(F)cc1)CC2.[Cl-]. The fourth-order valence-electron chi connectivity index (χ4n) is 4.22. The lowest BCUT2D eigenvalue weighted by Crippen LogP contribution is -3.13. The summed E-state index contributed by atoms with van der Waals surface area (Å²) >= 11 is 0. The number of rotatable bonds is 6. The van der Waals surface area contributed by atoms with E-state index in [0.717, 1.165) is 51.9 Å². The summed E-state index contributed by atoms with van der Waals surface area (Å²) in [5.74, 6) is 0.304. The lowest BCUT2D eigenvalue weighted by atomic mass is 9.77. The smallest absolute Gasteiger partial charge is 0.163 e. The number of Topliss-reactive ketones (excluding diaryl/α,β-unsaturated/α-hetero) is 1. The summed E-state index contributed by atoms with van der Waals surface area (Å²) in [6.07, 6.45) is 4.66. The third-order valence-electron chi connectivity index (χ3n) is 5.89. The molecular formula is C20H29ClFNO3. The molecule has 3 rings (SSSR count). The maximum absolute atomic E-state index is 12.9. The number of ketones is 1. The highest BCUT2D eigenvalue weighted by molar-refractivity contribution is 5.95. The lowest BCUT2D eigenvalue weighted by molar-refractivity contribution is -0.908. The van der Waals surface area contributed by atoms with Crippen molar-refractivity contribution in [3.63, 3.8) is 0 Å². The molecule has 146 valence electrons. The van der Waals surface area contributed by atoms with E-state index in [1.54, 1.807) is 17.0 Å². The van der Waals surface area contributed by atoms with Gasteiger partial charge in [-0.1, -0.05) is 6.92 Å². The van der Waals surface area contributed by atoms with Crippen LogP contribution in [-0.2, 0) is 9.47 Å². The third kappa shape index (κ3) is 5.03. The molecule has 6 heteroatoms. The van der Waals surface area contributed by atoms with E-state index in [1.165, 1.54) is 12.1 Å². The van der Waals surface area contributed by atoms with Crippen LogP contribution in [0.1, 0.15) is 49.4 Å². The summed E-state index contributed by atoms with van der Waals surface area (Å²) in [4.78, 5) is 13.7. The summed E-state index contributed by atoms with van der Waals surface area (Å²) in [6, 6.07) is 5.84. The predicted molar refractivity (Wildman–Crippen MR) is 93.2 cm³/mol. The number of benzene rings is 1. The normalized spacial score (nSPS) is 28.5. The number of nitrogens with one attached hydrogen (secondary N) is 1. The first kappa shape index (κ1) is 21.3. The molecule has 0 aliphatic carbocycles. The number of carbonyl (C=O) groups excluding carboxylic acids is 1. The van der Waals surface area contributed by atoms with E-state index >= 15 is 0 Å². The van der Waals surface area contributed by atoms with Gasteiger partial charge in [0.1, 0.15) is 12.6 Å². The fourth-order valence-corrected chi connectivity index (χ4v) is 4.22. The minimum atomic E-state index is -0.302. The van der Waals surface area contributed by atoms with Crippen LogP contribution in [0.5, 0.6) is 0 Å². The van der Waals surface area contributed by atoms with E-state index in [-0.39, 0.29) is 29.6 Å². The number of hydrogen-bond donors (Lipinski definition) is 1. The highest BCUT2D eigenvalue weighted by atomic mass is 35.5. The van der Waals surface area contributed by atoms with Crippen LogP contribution in [0.25, 0.3) is 0 Å². The highest BCUT2D eigenvalue weighted by Gasteiger charge is 2.45. The number of halogens is 2. The van der Waals surface area contributed by atoms with Crippen LogP contribution < -0.4 is 17.3 Å². The monoisotopic (exact) mass is 385 g/mol. The standard InChI is InChI=1S/C20H28FNO3.ClH/c1-2-17-14-24-15-25-20(17)9-12-22(13-10-20)11-3-4-19(23)16-5-7-18(21)8-6-16;/h5-8,17H,2-4,9-15H2,1H3;1H. The minimum Gasteiger partial charge on any atom is -1.00 e. The molecule has 1 spiro atoms. The minimum absolute atomic E-state index is 0. The molecule has 1 N–H and O–H groups in total. The van der Waals surface area contributed by atoms with Crippen LogP contribution >= 0.6 is 0 Å². The zero-order valence-electron chi connectivity index (χ0n) is 15.4. The van der Waals surface area contributed by atoms with Gasteiger partial charge in [-0.05, 0) is 30.7 Å². The van der Waals surface area contributed by atoms with Gasteiger partial charge in [-0.2, -0.15) is 0 Å². The first-order chi connectivity index (χ1) is 12.1. The Morgan fingerprint density at radius 3 is 2.62 bits per heavy atom. The Kier molecular flexibility index (Phi) is 8.02. The predicted octanol–water partition coefficient (Wildman–Crippen LogP) is -0.759. The largest absolute Gasteiger partial charge is 1.00 e. The molecule has 0 saturated carbocycles. The van der Waals surface area contributed by atoms with Crippen molar-refractivity contribution in [2.24, 2.45) is 5.92 Å². The quantitative estimate of drug-likeness (QED) is 0.654. The Hall–Kier alpha value is -1.01. The van der Waals surface area contributed by atoms with E-state index in [4.69, 9.17) is 9.47 Å². The van der Waals surface area contributed by atoms with Gasteiger partial charge in [0.05, 0.1) is 31.8 Å². The zero-order valence-corrected chi connectivity index (χ0v) is 16.2. The van der Waals surface area contributed by atoms with Gasteiger partial charge in [0.25, 0.3) is 0 Å². The van der Waals surface area contributed by atoms with Crippen molar-refractivity contribution in [1.29, 1.82) is 0 Å². The summed E-state index contributed by atoms with van der Waals surface area (Å²) < 4.78 is 24.4. The molecule has 0 bridgehead atoms. The molecule has 0 radical (unpaired) electrons. The van der Waals surface area contributed by atoms with Gasteiger partial charge >= 0.3 is 0 Å². The topological polar surface area (TPSA) is 40.0 Å². The number of piperidine rings is 1. The van der Waals surface area contributed by atoms with Crippen molar-refractivity contribution in [3.05, 3.63) is 35.6 Å². The maximum atomic E-state index is 12.9. The zero-order chi connectivity index (χ0) is 17.7. The Bertz CT molecular complexity index is 573. The molecule has 0 aromatic heterocycles. The molecule has 2 aliphatic rings. The molecule has 2 fully saturated rings. The lowest BCUT2D eigenvalue weighted by Gasteiger charge is -2.46. The van der Waals surface area contributed by atoms with Gasteiger partial charge in [0.15, 0.2) is 5.78 Å². The van der Waals surface area contributed by atoms with Crippen LogP contribution in [-0.4, -0.2) is 44.4 Å². The summed E-state index contributed by atoms with van der Waals surface area (Å²) in [6.45, 7) is 6.67. The summed E-state index contributed by atoms with van der Waals surface area (Å²) in [5.41, 5.74) is 0.621. The van der Waals surface area contributed by atoms with Gasteiger partial charge < -0.3 is 26.8 Å². The molecule has 1 aromatic carbocycles. The van der Waals surface area contributed by atoms with Crippen molar-refractivity contribution >= 4 is 5.78 Å². The second-order valence-corrected chi connectivity index (χ2v) is 7.34. The molecule has 0 amide bonds. The molecule has 1 unspecified atom stereocenters. The number of ether oxygens (including phenoxy) is 2. The van der Waals surface area contributed by atoms with Crippen molar-refractivity contribution < 1.29 is 36.0 Å². The molecular weight excluding hydrogens is 357 g/mol. The molecule has 2 heterocycles. The van der Waals surface area contributed by atoms with E-state index in [9.17, 15) is 9.18 Å². The summed E-state index contributed by atoms with van der Waals surface area (Å²) in [7, 11) is 0. The van der Waals surface area contributed by atoms with Crippen molar-refractivity contribution in [2.75, 3.05) is 33.0 Å².